The number of hydrogen-bond acceptors (Lipinski definition) is 1. The van der Waals surface area contributed by atoms with Gasteiger partial charge in [-0.3, -0.25) is 0 Å². The van der Waals surface area contributed by atoms with E-state index in [0.29, 0.717) is 0 Å². The number of nitrogens with one attached hydrogen (secondary N) is 1. The van der Waals surface area contributed by atoms with Crippen LogP contribution in [-0.2, 0) is 0 Å². The van der Waals surface area contributed by atoms with Crippen LogP contribution in [0.25, 0.3) is 0 Å². The van der Waals surface area contributed by atoms with Gasteiger partial charge >= 0.3 is 0 Å². The summed E-state index contributed by atoms with van der Waals surface area (Å²) in [5, 5.41) is 3.59. The van der Waals surface area contributed by atoms with Gasteiger partial charge < -0.3 is 5.32 Å². The Labute approximate surface area is 83.3 Å². The molecule has 0 bridgehead atoms. The topological polar surface area (TPSA) is 12.0 Å². The fraction of sp³-hybridized carbons (Fsp3) is 1.00. The van der Waals surface area contributed by atoms with Crippen molar-refractivity contribution >= 4 is 0 Å². The first-order valence-electron chi connectivity index (χ1n) is 5.92. The Morgan fingerprint density at radius 1 is 1.15 bits per heavy atom. The van der Waals surface area contributed by atoms with Crippen LogP contribution in [0.2, 0.25) is 0 Å². The lowest BCUT2D eigenvalue weighted by molar-refractivity contribution is 0.103. The molecule has 1 saturated carbocycles. The molecule has 0 radical (unpaired) electrons. The van der Waals surface area contributed by atoms with Crippen molar-refractivity contribution < 1.29 is 0 Å². The lowest BCUT2D eigenvalue weighted by Crippen LogP contribution is -2.43. The molecule has 0 aromatic carbocycles. The average Bonchev–Trinajstić information content (AvgIpc) is 1.99. The van der Waals surface area contributed by atoms with Crippen molar-refractivity contribution in [2.24, 2.45) is 17.8 Å². The summed E-state index contributed by atoms with van der Waals surface area (Å²) in [5.41, 5.74) is 0. The largest absolute Gasteiger partial charge is 0.314 e. The van der Waals surface area contributed by atoms with Crippen LogP contribution in [0.5, 0.6) is 0 Å². The number of hydrogen-bond donors (Lipinski definition) is 1. The summed E-state index contributed by atoms with van der Waals surface area (Å²) < 4.78 is 0. The molecule has 1 unspecified atom stereocenters. The second-order valence-corrected chi connectivity index (χ2v) is 4.81. The summed E-state index contributed by atoms with van der Waals surface area (Å²) >= 11 is 0. The molecule has 78 valence electrons. The maximum Gasteiger partial charge on any atom is 0.00927 e. The summed E-state index contributed by atoms with van der Waals surface area (Å²) in [6, 6.07) is 0.792. The SMILES string of the molecule is CCNC(CC)C1CC(C(C)C)C1. The van der Waals surface area contributed by atoms with Crippen LogP contribution >= 0.6 is 0 Å². The van der Waals surface area contributed by atoms with Crippen molar-refractivity contribution in [3.05, 3.63) is 0 Å². The van der Waals surface area contributed by atoms with E-state index in [4.69, 9.17) is 0 Å². The highest BCUT2D eigenvalue weighted by Crippen LogP contribution is 2.41. The predicted octanol–water partition coefficient (Wildman–Crippen LogP) is 3.06. The van der Waals surface area contributed by atoms with Crippen LogP contribution < -0.4 is 5.32 Å². The van der Waals surface area contributed by atoms with Crippen molar-refractivity contribution in [2.45, 2.75) is 53.0 Å². The van der Waals surface area contributed by atoms with Crippen LogP contribution in [0.15, 0.2) is 0 Å². The lowest BCUT2D eigenvalue weighted by Gasteiger charge is -2.42. The molecule has 1 heteroatoms. The Bertz CT molecular complexity index is 136. The second-order valence-electron chi connectivity index (χ2n) is 4.81. The predicted molar refractivity (Wildman–Crippen MR) is 58.8 cm³/mol. The van der Waals surface area contributed by atoms with E-state index < -0.39 is 0 Å². The zero-order chi connectivity index (χ0) is 9.84. The van der Waals surface area contributed by atoms with E-state index in [2.05, 4.69) is 33.0 Å². The molecule has 1 aliphatic carbocycles. The summed E-state index contributed by atoms with van der Waals surface area (Å²) in [7, 11) is 0. The summed E-state index contributed by atoms with van der Waals surface area (Å²) in [4.78, 5) is 0. The third kappa shape index (κ3) is 2.70. The Morgan fingerprint density at radius 3 is 2.15 bits per heavy atom. The first-order valence-corrected chi connectivity index (χ1v) is 5.92. The molecule has 0 heterocycles. The zero-order valence-corrected chi connectivity index (χ0v) is 9.64. The molecule has 13 heavy (non-hydrogen) atoms. The van der Waals surface area contributed by atoms with E-state index in [9.17, 15) is 0 Å². The van der Waals surface area contributed by atoms with E-state index in [1.807, 2.05) is 0 Å². The quantitative estimate of drug-likeness (QED) is 0.691. The van der Waals surface area contributed by atoms with Crippen LogP contribution in [0.4, 0.5) is 0 Å². The van der Waals surface area contributed by atoms with Gasteiger partial charge in [0.1, 0.15) is 0 Å². The normalized spacial score (nSPS) is 30.2. The molecule has 1 nitrogen and oxygen atoms in total. The molecule has 1 rings (SSSR count). The van der Waals surface area contributed by atoms with Crippen LogP contribution in [0, 0.1) is 17.8 Å². The zero-order valence-electron chi connectivity index (χ0n) is 9.64. The minimum atomic E-state index is 0.792. The van der Waals surface area contributed by atoms with Gasteiger partial charge in [-0.05, 0) is 43.6 Å². The van der Waals surface area contributed by atoms with Crippen molar-refractivity contribution in [3.63, 3.8) is 0 Å². The molecule has 0 aromatic rings. The third-order valence-corrected chi connectivity index (χ3v) is 3.63. The molecule has 1 N–H and O–H groups in total. The minimum Gasteiger partial charge on any atom is -0.314 e. The molecule has 0 spiro atoms. The maximum absolute atomic E-state index is 3.59. The Hall–Kier alpha value is -0.0400. The van der Waals surface area contributed by atoms with Gasteiger partial charge in [0.2, 0.25) is 0 Å². The van der Waals surface area contributed by atoms with E-state index in [0.717, 1.165) is 30.3 Å². The second kappa shape index (κ2) is 4.99. The monoisotopic (exact) mass is 183 g/mol. The van der Waals surface area contributed by atoms with Crippen LogP contribution in [0.3, 0.4) is 0 Å². The van der Waals surface area contributed by atoms with E-state index in [1.54, 1.807) is 0 Å². The maximum atomic E-state index is 3.59. The van der Waals surface area contributed by atoms with Crippen molar-refractivity contribution in [3.8, 4) is 0 Å². The van der Waals surface area contributed by atoms with Gasteiger partial charge in [0, 0.05) is 6.04 Å². The first kappa shape index (κ1) is 11.0. The highest BCUT2D eigenvalue weighted by Gasteiger charge is 2.35. The van der Waals surface area contributed by atoms with Gasteiger partial charge in [0.25, 0.3) is 0 Å². The van der Waals surface area contributed by atoms with Crippen LogP contribution in [-0.4, -0.2) is 12.6 Å². The average molecular weight is 183 g/mol. The highest BCUT2D eigenvalue weighted by atomic mass is 14.9. The summed E-state index contributed by atoms with van der Waals surface area (Å²) in [5.74, 6) is 2.88. The third-order valence-electron chi connectivity index (χ3n) is 3.63. The van der Waals surface area contributed by atoms with Crippen molar-refractivity contribution in [1.82, 2.24) is 5.32 Å². The molecule has 0 aliphatic heterocycles. The molecule has 1 aliphatic rings. The van der Waals surface area contributed by atoms with Gasteiger partial charge in [-0.15, -0.1) is 0 Å². The first-order chi connectivity index (χ1) is 6.19. The van der Waals surface area contributed by atoms with Crippen LogP contribution in [0.1, 0.15) is 47.0 Å². The van der Waals surface area contributed by atoms with Crippen molar-refractivity contribution in [1.29, 1.82) is 0 Å². The highest BCUT2D eigenvalue weighted by molar-refractivity contribution is 4.88. The number of rotatable bonds is 5. The van der Waals surface area contributed by atoms with Gasteiger partial charge in [-0.2, -0.15) is 0 Å². The molecular formula is C12H25N. The Balaban J connectivity index is 2.23. The molecule has 1 atom stereocenters. The smallest absolute Gasteiger partial charge is 0.00927 e. The van der Waals surface area contributed by atoms with Crippen molar-refractivity contribution in [2.75, 3.05) is 6.54 Å². The molecule has 0 saturated heterocycles. The molecule has 0 aromatic heterocycles. The standard InChI is InChI=1S/C12H25N/c1-5-12(13-6-2)11-7-10(8-11)9(3)4/h9-13H,5-8H2,1-4H3. The summed E-state index contributed by atoms with van der Waals surface area (Å²) in [6.45, 7) is 10.4. The summed E-state index contributed by atoms with van der Waals surface area (Å²) in [6.07, 6.45) is 4.22. The van der Waals surface area contributed by atoms with Gasteiger partial charge in [0.05, 0.1) is 0 Å². The van der Waals surface area contributed by atoms with E-state index >= 15 is 0 Å². The lowest BCUT2D eigenvalue weighted by atomic mass is 9.66. The fourth-order valence-electron chi connectivity index (χ4n) is 2.49. The Morgan fingerprint density at radius 2 is 1.77 bits per heavy atom. The van der Waals surface area contributed by atoms with E-state index in [-0.39, 0.29) is 0 Å². The fourth-order valence-corrected chi connectivity index (χ4v) is 2.49. The Kier molecular flexibility index (Phi) is 4.24. The minimum absolute atomic E-state index is 0.792. The molecule has 0 amide bonds. The molecule has 1 fully saturated rings. The van der Waals surface area contributed by atoms with Gasteiger partial charge in [0.15, 0.2) is 0 Å². The molecular weight excluding hydrogens is 158 g/mol. The van der Waals surface area contributed by atoms with Gasteiger partial charge in [-0.25, -0.2) is 0 Å². The van der Waals surface area contributed by atoms with Gasteiger partial charge in [-0.1, -0.05) is 27.7 Å². The van der Waals surface area contributed by atoms with E-state index in [1.165, 1.54) is 19.3 Å².